The summed E-state index contributed by atoms with van der Waals surface area (Å²) in [7, 11) is -3.67. The fourth-order valence-electron chi connectivity index (χ4n) is 2.55. The molecule has 1 aliphatic rings. The van der Waals surface area contributed by atoms with Gasteiger partial charge in [-0.3, -0.25) is 0 Å². The van der Waals surface area contributed by atoms with Crippen LogP contribution in [-0.2, 0) is 10.0 Å². The number of nitrogens with one attached hydrogen (secondary N) is 1. The SMILES string of the molecule is CC(C)CCOc1ccc(S(=O)(=O)NC(C)c2nnnn2C2CC2)cc1. The number of aromatic nitrogens is 4. The van der Waals surface area contributed by atoms with Gasteiger partial charge in [0.05, 0.1) is 23.6 Å². The fraction of sp³-hybridized carbons (Fsp3) is 0.588. The van der Waals surface area contributed by atoms with Crippen molar-refractivity contribution in [2.24, 2.45) is 5.92 Å². The van der Waals surface area contributed by atoms with Crippen LogP contribution in [0.4, 0.5) is 0 Å². The van der Waals surface area contributed by atoms with Crippen molar-refractivity contribution in [3.63, 3.8) is 0 Å². The maximum Gasteiger partial charge on any atom is 0.241 e. The van der Waals surface area contributed by atoms with Gasteiger partial charge in [0.25, 0.3) is 0 Å². The minimum absolute atomic E-state index is 0.186. The van der Waals surface area contributed by atoms with E-state index < -0.39 is 16.1 Å². The number of tetrazole rings is 1. The molecule has 3 rings (SSSR count). The van der Waals surface area contributed by atoms with Crippen molar-refractivity contribution in [2.75, 3.05) is 6.61 Å². The highest BCUT2D eigenvalue weighted by atomic mass is 32.2. The van der Waals surface area contributed by atoms with Gasteiger partial charge in [-0.15, -0.1) is 5.10 Å². The second-order valence-electron chi connectivity index (χ2n) is 7.06. The molecule has 0 bridgehead atoms. The minimum Gasteiger partial charge on any atom is -0.494 e. The highest BCUT2D eigenvalue weighted by molar-refractivity contribution is 7.89. The summed E-state index contributed by atoms with van der Waals surface area (Å²) < 4.78 is 35.2. The van der Waals surface area contributed by atoms with Crippen LogP contribution in [0.5, 0.6) is 5.75 Å². The number of rotatable bonds is 9. The second kappa shape index (κ2) is 7.71. The van der Waals surface area contributed by atoms with E-state index in [9.17, 15) is 8.42 Å². The molecular formula is C17H25N5O3S. The molecule has 2 aromatic rings. The first-order valence-corrected chi connectivity index (χ1v) is 10.4. The molecule has 1 saturated carbocycles. The Bertz CT molecular complexity index is 828. The molecule has 1 aliphatic carbocycles. The lowest BCUT2D eigenvalue weighted by Crippen LogP contribution is -2.29. The third-order valence-electron chi connectivity index (χ3n) is 4.23. The molecule has 9 heteroatoms. The molecule has 1 heterocycles. The van der Waals surface area contributed by atoms with E-state index in [0.29, 0.717) is 24.1 Å². The first kappa shape index (κ1) is 18.8. The molecular weight excluding hydrogens is 354 g/mol. The zero-order chi connectivity index (χ0) is 18.7. The quantitative estimate of drug-likeness (QED) is 0.718. The Morgan fingerprint density at radius 1 is 1.23 bits per heavy atom. The van der Waals surface area contributed by atoms with Crippen LogP contribution in [0.2, 0.25) is 0 Å². The Hall–Kier alpha value is -2.00. The summed E-state index contributed by atoms with van der Waals surface area (Å²) in [5.41, 5.74) is 0. The second-order valence-corrected chi connectivity index (χ2v) is 8.77. The molecule has 1 atom stereocenters. The van der Waals surface area contributed by atoms with Crippen LogP contribution >= 0.6 is 0 Å². The molecule has 1 aromatic carbocycles. The van der Waals surface area contributed by atoms with Gasteiger partial charge in [0.15, 0.2) is 5.82 Å². The molecule has 1 fully saturated rings. The summed E-state index contributed by atoms with van der Waals surface area (Å²) in [5.74, 6) is 1.76. The van der Waals surface area contributed by atoms with Crippen LogP contribution in [0.15, 0.2) is 29.2 Å². The van der Waals surface area contributed by atoms with Crippen molar-refractivity contribution in [3.05, 3.63) is 30.1 Å². The molecule has 0 amide bonds. The zero-order valence-corrected chi connectivity index (χ0v) is 16.1. The molecule has 8 nitrogen and oxygen atoms in total. The molecule has 1 aromatic heterocycles. The predicted octanol–water partition coefficient (Wildman–Crippen LogP) is 2.47. The Morgan fingerprint density at radius 2 is 1.92 bits per heavy atom. The first-order valence-electron chi connectivity index (χ1n) is 8.90. The van der Waals surface area contributed by atoms with E-state index in [1.54, 1.807) is 35.9 Å². The van der Waals surface area contributed by atoms with Crippen molar-refractivity contribution in [1.82, 2.24) is 24.9 Å². The van der Waals surface area contributed by atoms with Crippen molar-refractivity contribution in [2.45, 2.75) is 57.0 Å². The maximum atomic E-state index is 12.6. The van der Waals surface area contributed by atoms with Gasteiger partial charge >= 0.3 is 0 Å². The molecule has 1 unspecified atom stereocenters. The molecule has 0 spiro atoms. The van der Waals surface area contributed by atoms with E-state index >= 15 is 0 Å². The largest absolute Gasteiger partial charge is 0.494 e. The van der Waals surface area contributed by atoms with Gasteiger partial charge in [-0.05, 0) is 66.8 Å². The van der Waals surface area contributed by atoms with Crippen molar-refractivity contribution in [3.8, 4) is 5.75 Å². The van der Waals surface area contributed by atoms with Crippen molar-refractivity contribution < 1.29 is 13.2 Å². The van der Waals surface area contributed by atoms with Gasteiger partial charge in [-0.2, -0.15) is 0 Å². The number of nitrogens with zero attached hydrogens (tertiary/aromatic N) is 4. The average molecular weight is 379 g/mol. The molecule has 0 saturated heterocycles. The number of sulfonamides is 1. The Kier molecular flexibility index (Phi) is 5.57. The van der Waals surface area contributed by atoms with Crippen molar-refractivity contribution in [1.29, 1.82) is 0 Å². The van der Waals surface area contributed by atoms with Gasteiger partial charge < -0.3 is 4.74 Å². The maximum absolute atomic E-state index is 12.6. The third-order valence-corrected chi connectivity index (χ3v) is 5.78. The van der Waals surface area contributed by atoms with Crippen LogP contribution in [0.25, 0.3) is 0 Å². The molecule has 1 N–H and O–H groups in total. The van der Waals surface area contributed by atoms with Gasteiger partial charge in [0.1, 0.15) is 5.75 Å². The molecule has 142 valence electrons. The summed E-state index contributed by atoms with van der Waals surface area (Å²) in [4.78, 5) is 0.186. The summed E-state index contributed by atoms with van der Waals surface area (Å²) in [6.45, 7) is 6.62. The van der Waals surface area contributed by atoms with E-state index in [-0.39, 0.29) is 10.9 Å². The topological polar surface area (TPSA) is 99.0 Å². The summed E-state index contributed by atoms with van der Waals surface area (Å²) in [6.07, 6.45) is 3.00. The van der Waals surface area contributed by atoms with Crippen LogP contribution < -0.4 is 9.46 Å². The van der Waals surface area contributed by atoms with Gasteiger partial charge in [0, 0.05) is 0 Å². The first-order chi connectivity index (χ1) is 12.4. The highest BCUT2D eigenvalue weighted by Crippen LogP contribution is 2.35. The van der Waals surface area contributed by atoms with Gasteiger partial charge in [-0.25, -0.2) is 17.8 Å². The van der Waals surface area contributed by atoms with Crippen LogP contribution in [0, 0.1) is 5.92 Å². The summed E-state index contributed by atoms with van der Waals surface area (Å²) >= 11 is 0. The molecule has 0 radical (unpaired) electrons. The standard InChI is InChI=1S/C17H25N5O3S/c1-12(2)10-11-25-15-6-8-16(9-7-15)26(23,24)19-13(3)17-18-20-21-22(17)14-4-5-14/h6-9,12-14,19H,4-5,10-11H2,1-3H3. The average Bonchev–Trinajstić information content (AvgIpc) is 3.31. The number of ether oxygens (including phenoxy) is 1. The number of benzene rings is 1. The zero-order valence-electron chi connectivity index (χ0n) is 15.3. The minimum atomic E-state index is -3.67. The predicted molar refractivity (Wildman–Crippen MR) is 96.2 cm³/mol. The van der Waals surface area contributed by atoms with Crippen LogP contribution in [-0.4, -0.2) is 35.2 Å². The lowest BCUT2D eigenvalue weighted by molar-refractivity contribution is 0.289. The van der Waals surface area contributed by atoms with E-state index in [2.05, 4.69) is 34.1 Å². The third kappa shape index (κ3) is 4.59. The Labute approximate surface area is 154 Å². The lowest BCUT2D eigenvalue weighted by Gasteiger charge is -2.14. The van der Waals surface area contributed by atoms with E-state index in [4.69, 9.17) is 4.74 Å². The Morgan fingerprint density at radius 3 is 2.54 bits per heavy atom. The molecule has 0 aliphatic heterocycles. The van der Waals surface area contributed by atoms with Crippen LogP contribution in [0.3, 0.4) is 0 Å². The summed E-state index contributed by atoms with van der Waals surface area (Å²) in [6, 6.07) is 6.21. The van der Waals surface area contributed by atoms with Gasteiger partial charge in [0.2, 0.25) is 10.0 Å². The molecule has 26 heavy (non-hydrogen) atoms. The Balaban J connectivity index is 1.64. The smallest absolute Gasteiger partial charge is 0.241 e. The van der Waals surface area contributed by atoms with E-state index in [1.165, 1.54) is 0 Å². The van der Waals surface area contributed by atoms with E-state index in [1.807, 2.05) is 0 Å². The van der Waals surface area contributed by atoms with Crippen LogP contribution in [0.1, 0.15) is 57.9 Å². The fourth-order valence-corrected chi connectivity index (χ4v) is 3.75. The normalized spacial score (nSPS) is 16.0. The number of hydrogen-bond acceptors (Lipinski definition) is 6. The summed E-state index contributed by atoms with van der Waals surface area (Å²) in [5, 5.41) is 11.6. The van der Waals surface area contributed by atoms with E-state index in [0.717, 1.165) is 19.3 Å². The number of hydrogen-bond donors (Lipinski definition) is 1. The highest BCUT2D eigenvalue weighted by Gasteiger charge is 2.31. The lowest BCUT2D eigenvalue weighted by atomic mass is 10.1. The van der Waals surface area contributed by atoms with Crippen molar-refractivity contribution >= 4 is 10.0 Å². The monoisotopic (exact) mass is 379 g/mol. The van der Waals surface area contributed by atoms with Gasteiger partial charge in [-0.1, -0.05) is 13.8 Å².